The lowest BCUT2D eigenvalue weighted by molar-refractivity contribution is -0.142. The second-order valence-corrected chi connectivity index (χ2v) is 5.95. The standard InChI is InChI=1S/C22H22N2O4/c1-27-21(25)16-28-20-11-9-18(10-12-20)14-19(15-23)22(26)24-13-5-8-17-6-3-2-4-7-17/h2-4,6-7,9-12,14H,5,8,13,16H2,1H3,(H,24,26)/b19-14-. The van der Waals surface area contributed by atoms with E-state index in [1.165, 1.54) is 18.7 Å². The fourth-order valence-corrected chi connectivity index (χ4v) is 2.41. The zero-order valence-electron chi connectivity index (χ0n) is 15.7. The summed E-state index contributed by atoms with van der Waals surface area (Å²) in [6, 6.07) is 18.7. The number of hydrogen-bond acceptors (Lipinski definition) is 5. The minimum Gasteiger partial charge on any atom is -0.482 e. The number of esters is 1. The first-order valence-electron chi connectivity index (χ1n) is 8.86. The molecule has 0 saturated heterocycles. The van der Waals surface area contributed by atoms with E-state index in [1.807, 2.05) is 36.4 Å². The number of rotatable bonds is 9. The molecule has 0 aliphatic rings. The minimum absolute atomic E-state index is 0.0305. The number of nitrogens with one attached hydrogen (secondary N) is 1. The number of aryl methyl sites for hydroxylation is 1. The van der Waals surface area contributed by atoms with E-state index in [0.29, 0.717) is 17.9 Å². The summed E-state index contributed by atoms with van der Waals surface area (Å²) in [4.78, 5) is 23.3. The molecule has 1 amide bonds. The first-order chi connectivity index (χ1) is 13.6. The molecule has 144 valence electrons. The van der Waals surface area contributed by atoms with Crippen LogP contribution in [0.15, 0.2) is 60.2 Å². The lowest BCUT2D eigenvalue weighted by atomic mass is 10.1. The summed E-state index contributed by atoms with van der Waals surface area (Å²) in [7, 11) is 1.29. The third kappa shape index (κ3) is 6.96. The maximum atomic E-state index is 12.2. The average molecular weight is 378 g/mol. The molecule has 0 aliphatic heterocycles. The highest BCUT2D eigenvalue weighted by Gasteiger charge is 2.08. The molecular formula is C22H22N2O4. The topological polar surface area (TPSA) is 88.4 Å². The molecule has 0 fully saturated rings. The maximum absolute atomic E-state index is 12.2. The molecule has 0 aromatic heterocycles. The predicted octanol–water partition coefficient (Wildman–Crippen LogP) is 2.89. The number of benzene rings is 2. The highest BCUT2D eigenvalue weighted by Crippen LogP contribution is 2.14. The SMILES string of the molecule is COC(=O)COc1ccc(/C=C(/C#N)C(=O)NCCCc2ccccc2)cc1. The lowest BCUT2D eigenvalue weighted by Gasteiger charge is -2.06. The summed E-state index contributed by atoms with van der Waals surface area (Å²) >= 11 is 0. The summed E-state index contributed by atoms with van der Waals surface area (Å²) < 4.78 is 9.76. The highest BCUT2D eigenvalue weighted by atomic mass is 16.6. The summed E-state index contributed by atoms with van der Waals surface area (Å²) in [5.74, 6) is -0.382. The largest absolute Gasteiger partial charge is 0.482 e. The second kappa shape index (κ2) is 11.2. The number of nitriles is 1. The number of ether oxygens (including phenoxy) is 2. The van der Waals surface area contributed by atoms with Crippen molar-refractivity contribution in [3.05, 3.63) is 71.3 Å². The summed E-state index contributed by atoms with van der Waals surface area (Å²) in [6.07, 6.45) is 3.16. The Balaban J connectivity index is 1.85. The molecule has 0 spiro atoms. The molecule has 6 nitrogen and oxygen atoms in total. The second-order valence-electron chi connectivity index (χ2n) is 5.95. The van der Waals surface area contributed by atoms with Crippen molar-refractivity contribution in [1.29, 1.82) is 5.26 Å². The number of methoxy groups -OCH3 is 1. The van der Waals surface area contributed by atoms with Gasteiger partial charge in [0.2, 0.25) is 0 Å². The minimum atomic E-state index is -0.473. The Hall–Kier alpha value is -3.59. The Bertz CT molecular complexity index is 852. The van der Waals surface area contributed by atoms with Crippen LogP contribution in [0.25, 0.3) is 6.08 Å². The van der Waals surface area contributed by atoms with Gasteiger partial charge >= 0.3 is 5.97 Å². The van der Waals surface area contributed by atoms with E-state index in [9.17, 15) is 14.9 Å². The van der Waals surface area contributed by atoms with Crippen LogP contribution in [0.3, 0.4) is 0 Å². The van der Waals surface area contributed by atoms with E-state index >= 15 is 0 Å². The van der Waals surface area contributed by atoms with Gasteiger partial charge in [0.1, 0.15) is 17.4 Å². The molecule has 0 heterocycles. The first-order valence-corrected chi connectivity index (χ1v) is 8.86. The fourth-order valence-electron chi connectivity index (χ4n) is 2.41. The molecule has 0 aliphatic carbocycles. The molecule has 2 aromatic carbocycles. The Morgan fingerprint density at radius 2 is 1.82 bits per heavy atom. The van der Waals surface area contributed by atoms with Gasteiger partial charge in [0.05, 0.1) is 7.11 Å². The molecule has 0 unspecified atom stereocenters. The highest BCUT2D eigenvalue weighted by molar-refractivity contribution is 6.01. The van der Waals surface area contributed by atoms with Gasteiger partial charge in [-0.25, -0.2) is 4.79 Å². The van der Waals surface area contributed by atoms with Crippen molar-refractivity contribution < 1.29 is 19.1 Å². The van der Waals surface area contributed by atoms with Crippen molar-refractivity contribution >= 4 is 18.0 Å². The van der Waals surface area contributed by atoms with E-state index < -0.39 is 11.9 Å². The Labute approximate surface area is 164 Å². The van der Waals surface area contributed by atoms with Crippen LogP contribution in [0.5, 0.6) is 5.75 Å². The van der Waals surface area contributed by atoms with Crippen LogP contribution in [-0.2, 0) is 20.7 Å². The Morgan fingerprint density at radius 3 is 2.46 bits per heavy atom. The third-order valence-corrected chi connectivity index (χ3v) is 3.91. The van der Waals surface area contributed by atoms with E-state index in [0.717, 1.165) is 12.8 Å². The number of nitrogens with zero attached hydrogens (tertiary/aromatic N) is 1. The Morgan fingerprint density at radius 1 is 1.11 bits per heavy atom. The molecule has 0 saturated carbocycles. The average Bonchev–Trinajstić information content (AvgIpc) is 2.74. The van der Waals surface area contributed by atoms with Crippen LogP contribution in [0.2, 0.25) is 0 Å². The van der Waals surface area contributed by atoms with Crippen molar-refractivity contribution in [2.45, 2.75) is 12.8 Å². The summed E-state index contributed by atoms with van der Waals surface area (Å²) in [6.45, 7) is 0.313. The number of hydrogen-bond donors (Lipinski definition) is 1. The van der Waals surface area contributed by atoms with Gasteiger partial charge in [-0.1, -0.05) is 42.5 Å². The van der Waals surface area contributed by atoms with Gasteiger partial charge in [-0.2, -0.15) is 5.26 Å². The summed E-state index contributed by atoms with van der Waals surface area (Å²) in [5, 5.41) is 12.0. The first kappa shape index (κ1) is 20.7. The van der Waals surface area contributed by atoms with Gasteiger partial charge < -0.3 is 14.8 Å². The molecule has 0 bridgehead atoms. The fraction of sp³-hybridized carbons (Fsp3) is 0.227. The maximum Gasteiger partial charge on any atom is 0.343 e. The van der Waals surface area contributed by atoms with Gasteiger partial charge in [0.15, 0.2) is 6.61 Å². The summed E-state index contributed by atoms with van der Waals surface area (Å²) in [5.41, 5.74) is 1.92. The Kier molecular flexibility index (Phi) is 8.28. The zero-order valence-corrected chi connectivity index (χ0v) is 15.7. The molecule has 2 aromatic rings. The zero-order chi connectivity index (χ0) is 20.2. The van der Waals surface area contributed by atoms with Crippen LogP contribution in [-0.4, -0.2) is 32.1 Å². The van der Waals surface area contributed by atoms with E-state index in [1.54, 1.807) is 24.3 Å². The quantitative estimate of drug-likeness (QED) is 0.314. The molecule has 2 rings (SSSR count). The molecular weight excluding hydrogens is 356 g/mol. The van der Waals surface area contributed by atoms with E-state index in [4.69, 9.17) is 4.74 Å². The lowest BCUT2D eigenvalue weighted by Crippen LogP contribution is -2.25. The van der Waals surface area contributed by atoms with E-state index in [-0.39, 0.29) is 12.2 Å². The van der Waals surface area contributed by atoms with Crippen LogP contribution in [0.1, 0.15) is 17.5 Å². The number of carbonyl (C=O) groups excluding carboxylic acids is 2. The van der Waals surface area contributed by atoms with Crippen molar-refractivity contribution in [2.75, 3.05) is 20.3 Å². The van der Waals surface area contributed by atoms with Crippen molar-refractivity contribution in [3.63, 3.8) is 0 Å². The third-order valence-electron chi connectivity index (χ3n) is 3.91. The van der Waals surface area contributed by atoms with Crippen molar-refractivity contribution in [3.8, 4) is 11.8 Å². The van der Waals surface area contributed by atoms with Gasteiger partial charge in [0, 0.05) is 6.54 Å². The van der Waals surface area contributed by atoms with Gasteiger partial charge in [-0.3, -0.25) is 4.79 Å². The van der Waals surface area contributed by atoms with Crippen molar-refractivity contribution in [1.82, 2.24) is 5.32 Å². The van der Waals surface area contributed by atoms with Crippen molar-refractivity contribution in [2.24, 2.45) is 0 Å². The number of carbonyl (C=O) groups is 2. The predicted molar refractivity (Wildman–Crippen MR) is 105 cm³/mol. The van der Waals surface area contributed by atoms with Crippen LogP contribution < -0.4 is 10.1 Å². The molecule has 28 heavy (non-hydrogen) atoms. The van der Waals surface area contributed by atoms with Crippen LogP contribution in [0.4, 0.5) is 0 Å². The normalized spacial score (nSPS) is 10.6. The number of amides is 1. The molecule has 6 heteroatoms. The van der Waals surface area contributed by atoms with Gasteiger partial charge in [-0.15, -0.1) is 0 Å². The van der Waals surface area contributed by atoms with Gasteiger partial charge in [0.25, 0.3) is 5.91 Å². The molecule has 0 atom stereocenters. The smallest absolute Gasteiger partial charge is 0.343 e. The monoisotopic (exact) mass is 378 g/mol. The molecule has 1 N–H and O–H groups in total. The van der Waals surface area contributed by atoms with Gasteiger partial charge in [-0.05, 0) is 42.2 Å². The van der Waals surface area contributed by atoms with Crippen LogP contribution in [0, 0.1) is 11.3 Å². The molecule has 0 radical (unpaired) electrons. The van der Waals surface area contributed by atoms with E-state index in [2.05, 4.69) is 10.1 Å². The van der Waals surface area contributed by atoms with Crippen LogP contribution >= 0.6 is 0 Å².